The molecule has 2 rings (SSSR count). The van der Waals surface area contributed by atoms with Gasteiger partial charge in [-0.15, -0.1) is 0 Å². The molecule has 2 N–H and O–H groups in total. The number of sulfonamides is 1. The van der Waals surface area contributed by atoms with Crippen LogP contribution in [-0.2, 0) is 10.0 Å². The van der Waals surface area contributed by atoms with Crippen molar-refractivity contribution in [2.24, 2.45) is 0 Å². The van der Waals surface area contributed by atoms with Gasteiger partial charge in [-0.25, -0.2) is 17.6 Å². The lowest BCUT2D eigenvalue weighted by molar-refractivity contribution is 0.102. The second-order valence-corrected chi connectivity index (χ2v) is 8.46. The van der Waals surface area contributed by atoms with Crippen molar-refractivity contribution in [3.63, 3.8) is 0 Å². The third-order valence-electron chi connectivity index (χ3n) is 4.12. The van der Waals surface area contributed by atoms with Crippen molar-refractivity contribution >= 4 is 27.3 Å². The number of anilines is 2. The van der Waals surface area contributed by atoms with Crippen LogP contribution in [0.4, 0.5) is 15.8 Å². The highest BCUT2D eigenvalue weighted by atomic mass is 32.2. The Labute approximate surface area is 163 Å². The van der Waals surface area contributed by atoms with Crippen LogP contribution in [0.5, 0.6) is 0 Å². The van der Waals surface area contributed by atoms with Gasteiger partial charge in [-0.2, -0.15) is 0 Å². The van der Waals surface area contributed by atoms with E-state index in [0.29, 0.717) is 11.3 Å². The summed E-state index contributed by atoms with van der Waals surface area (Å²) in [6.07, 6.45) is 2.70. The molecule has 1 unspecified atom stereocenters. The van der Waals surface area contributed by atoms with E-state index >= 15 is 0 Å². The average molecular weight is 410 g/mol. The predicted octanol–water partition coefficient (Wildman–Crippen LogP) is 3.61. The fourth-order valence-corrected chi connectivity index (χ4v) is 3.36. The molecule has 0 fully saturated rings. The topological polar surface area (TPSA) is 105 Å². The second kappa shape index (κ2) is 8.55. The predicted molar refractivity (Wildman–Crippen MR) is 106 cm³/mol. The van der Waals surface area contributed by atoms with Crippen LogP contribution in [-0.4, -0.2) is 20.6 Å². The summed E-state index contributed by atoms with van der Waals surface area (Å²) in [7, 11) is -3.57. The molecule has 0 spiro atoms. The third kappa shape index (κ3) is 5.41. The summed E-state index contributed by atoms with van der Waals surface area (Å²) in [5.41, 5.74) is -0.806. The minimum atomic E-state index is -3.57. The van der Waals surface area contributed by atoms with E-state index in [1.807, 2.05) is 13.8 Å². The van der Waals surface area contributed by atoms with E-state index in [1.165, 1.54) is 6.07 Å². The first kappa shape index (κ1) is 21.6. The average Bonchev–Trinajstić information content (AvgIpc) is 2.56. The van der Waals surface area contributed by atoms with Gasteiger partial charge in [0.25, 0.3) is 5.91 Å². The van der Waals surface area contributed by atoms with Gasteiger partial charge >= 0.3 is 5.63 Å². The summed E-state index contributed by atoms with van der Waals surface area (Å²) in [6, 6.07) is 4.99. The Hall–Kier alpha value is -2.68. The van der Waals surface area contributed by atoms with Crippen molar-refractivity contribution in [2.45, 2.75) is 39.5 Å². The number of hydrogen-bond donors (Lipinski definition) is 2. The van der Waals surface area contributed by atoms with Gasteiger partial charge in [-0.3, -0.25) is 9.52 Å². The molecule has 0 bridgehead atoms. The maximum atomic E-state index is 14.0. The van der Waals surface area contributed by atoms with Crippen LogP contribution in [0, 0.1) is 12.7 Å². The summed E-state index contributed by atoms with van der Waals surface area (Å²) in [4.78, 5) is 24.9. The van der Waals surface area contributed by atoms with E-state index in [1.54, 1.807) is 13.0 Å². The van der Waals surface area contributed by atoms with Crippen LogP contribution < -0.4 is 15.7 Å². The molecule has 1 amide bonds. The van der Waals surface area contributed by atoms with E-state index in [0.717, 1.165) is 31.2 Å². The molecule has 2 aromatic rings. The highest BCUT2D eigenvalue weighted by molar-refractivity contribution is 7.92. The number of nitrogens with one attached hydrogen (secondary N) is 2. The molecule has 1 heterocycles. The molecule has 9 heteroatoms. The molecule has 0 radical (unpaired) electrons. The second-order valence-electron chi connectivity index (χ2n) is 6.71. The molecule has 0 aliphatic rings. The first-order valence-corrected chi connectivity index (χ1v) is 10.6. The molecule has 1 aromatic heterocycles. The molecule has 0 aliphatic heterocycles. The smallest absolute Gasteiger partial charge is 0.349 e. The number of rotatable bonds is 7. The van der Waals surface area contributed by atoms with Gasteiger partial charge in [0.05, 0.1) is 17.6 Å². The van der Waals surface area contributed by atoms with Crippen LogP contribution in [0.3, 0.4) is 0 Å². The van der Waals surface area contributed by atoms with Crippen molar-refractivity contribution in [1.82, 2.24) is 0 Å². The molecule has 7 nitrogen and oxygen atoms in total. The summed E-state index contributed by atoms with van der Waals surface area (Å²) in [6.45, 7) is 5.55. The van der Waals surface area contributed by atoms with E-state index in [-0.39, 0.29) is 22.9 Å². The Bertz CT molecular complexity index is 1050. The maximum absolute atomic E-state index is 14.0. The molecule has 0 saturated carbocycles. The van der Waals surface area contributed by atoms with Gasteiger partial charge in [0.15, 0.2) is 0 Å². The van der Waals surface area contributed by atoms with E-state index in [2.05, 4.69) is 10.0 Å². The largest absolute Gasteiger partial charge is 0.427 e. The number of carbonyl (C=O) groups is 1. The zero-order valence-corrected chi connectivity index (χ0v) is 16.9. The Morgan fingerprint density at radius 2 is 1.96 bits per heavy atom. The van der Waals surface area contributed by atoms with Crippen molar-refractivity contribution in [1.29, 1.82) is 0 Å². The standard InChI is InChI=1S/C19H23FN2O5S/c1-5-6-11(2)16-9-12(3)17(19(24)27-16)18(23)21-15-10-13(7-8-14(15)20)22-28(4,25)26/h7-11,22H,5-6H2,1-4H3,(H,21,23). The third-order valence-corrected chi connectivity index (χ3v) is 4.73. The first-order valence-electron chi connectivity index (χ1n) is 8.75. The van der Waals surface area contributed by atoms with Crippen molar-refractivity contribution in [3.8, 4) is 0 Å². The lowest BCUT2D eigenvalue weighted by Gasteiger charge is -2.13. The highest BCUT2D eigenvalue weighted by Gasteiger charge is 2.20. The van der Waals surface area contributed by atoms with Gasteiger partial charge in [0.2, 0.25) is 10.0 Å². The molecule has 152 valence electrons. The fraction of sp³-hybridized carbons (Fsp3) is 0.368. The van der Waals surface area contributed by atoms with Crippen molar-refractivity contribution in [3.05, 3.63) is 57.4 Å². The van der Waals surface area contributed by atoms with E-state index in [9.17, 15) is 22.4 Å². The summed E-state index contributed by atoms with van der Waals surface area (Å²) in [5, 5.41) is 2.30. The minimum absolute atomic E-state index is 0.0321. The molecule has 0 saturated heterocycles. The molecule has 1 atom stereocenters. The minimum Gasteiger partial charge on any atom is -0.427 e. The van der Waals surface area contributed by atoms with E-state index in [4.69, 9.17) is 4.42 Å². The van der Waals surface area contributed by atoms with Gasteiger partial charge in [-0.05, 0) is 43.2 Å². The number of halogens is 1. The summed E-state index contributed by atoms with van der Waals surface area (Å²) >= 11 is 0. The quantitative estimate of drug-likeness (QED) is 0.725. The maximum Gasteiger partial charge on any atom is 0.349 e. The molecule has 0 aliphatic carbocycles. The van der Waals surface area contributed by atoms with Gasteiger partial charge < -0.3 is 9.73 Å². The zero-order chi connectivity index (χ0) is 21.1. The number of benzene rings is 1. The molecule has 1 aromatic carbocycles. The van der Waals surface area contributed by atoms with Crippen LogP contribution in [0.1, 0.15) is 54.3 Å². The van der Waals surface area contributed by atoms with Crippen molar-refractivity contribution in [2.75, 3.05) is 16.3 Å². The number of aryl methyl sites for hydroxylation is 1. The molecular formula is C19H23FN2O5S. The number of carbonyl (C=O) groups excluding carboxylic acids is 1. The lowest BCUT2D eigenvalue weighted by atomic mass is 10.0. The zero-order valence-electron chi connectivity index (χ0n) is 16.1. The Morgan fingerprint density at radius 1 is 1.29 bits per heavy atom. The Kier molecular flexibility index (Phi) is 6.60. The summed E-state index contributed by atoms with van der Waals surface area (Å²) in [5.74, 6) is -1.09. The monoisotopic (exact) mass is 410 g/mol. The van der Waals surface area contributed by atoms with Crippen LogP contribution in [0.2, 0.25) is 0 Å². The van der Waals surface area contributed by atoms with Gasteiger partial charge in [0, 0.05) is 5.92 Å². The van der Waals surface area contributed by atoms with Gasteiger partial charge in [-0.1, -0.05) is 20.3 Å². The van der Waals surface area contributed by atoms with Crippen LogP contribution in [0.15, 0.2) is 33.5 Å². The fourth-order valence-electron chi connectivity index (χ4n) is 2.81. The lowest BCUT2D eigenvalue weighted by Crippen LogP contribution is -2.24. The summed E-state index contributed by atoms with van der Waals surface area (Å²) < 4.78 is 44.1. The molecule has 28 heavy (non-hydrogen) atoms. The van der Waals surface area contributed by atoms with E-state index < -0.39 is 27.4 Å². The normalized spacial score (nSPS) is 12.5. The van der Waals surface area contributed by atoms with Crippen LogP contribution in [0.25, 0.3) is 0 Å². The Balaban J connectivity index is 2.33. The number of amides is 1. The van der Waals surface area contributed by atoms with Crippen LogP contribution >= 0.6 is 0 Å². The number of hydrogen-bond acceptors (Lipinski definition) is 5. The highest BCUT2D eigenvalue weighted by Crippen LogP contribution is 2.23. The van der Waals surface area contributed by atoms with Gasteiger partial charge in [0.1, 0.15) is 17.1 Å². The van der Waals surface area contributed by atoms with Crippen molar-refractivity contribution < 1.29 is 22.0 Å². The SMILES string of the molecule is CCCC(C)c1cc(C)c(C(=O)Nc2cc(NS(C)(=O)=O)ccc2F)c(=O)o1. The molecular weight excluding hydrogens is 387 g/mol. The Morgan fingerprint density at radius 3 is 2.54 bits per heavy atom. The first-order chi connectivity index (χ1) is 13.0.